The van der Waals surface area contributed by atoms with Crippen LogP contribution in [0.5, 0.6) is 0 Å². The minimum absolute atomic E-state index is 0. The van der Waals surface area contributed by atoms with Gasteiger partial charge in [0.05, 0.1) is 12.4 Å². The summed E-state index contributed by atoms with van der Waals surface area (Å²) in [5.41, 5.74) is 12.5. The predicted molar refractivity (Wildman–Crippen MR) is 209 cm³/mol. The van der Waals surface area contributed by atoms with Crippen molar-refractivity contribution >= 4 is 11.7 Å². The first-order chi connectivity index (χ1) is 21.9. The Labute approximate surface area is 341 Å². The van der Waals surface area contributed by atoms with Gasteiger partial charge in [0.15, 0.2) is 0 Å². The third-order valence-corrected chi connectivity index (χ3v) is 8.89. The summed E-state index contributed by atoms with van der Waals surface area (Å²) in [6.07, 6.45) is 5.77. The number of hydrogen-bond acceptors (Lipinski definition) is 3. The van der Waals surface area contributed by atoms with E-state index < -0.39 is 0 Å². The molecule has 0 aromatic heterocycles. The monoisotopic (exact) mass is 720 g/mol. The fourth-order valence-electron chi connectivity index (χ4n) is 4.12. The molecule has 264 valence electrons. The molecule has 0 spiro atoms. The maximum Gasteiger partial charge on any atom is 1.00 e. The Kier molecular flexibility index (Phi) is 34.8. The van der Waals surface area contributed by atoms with Crippen LogP contribution < -0.4 is 63.5 Å². The van der Waals surface area contributed by atoms with Gasteiger partial charge in [0.25, 0.3) is 0 Å². The van der Waals surface area contributed by atoms with Gasteiger partial charge >= 0.3 is 58.2 Å². The summed E-state index contributed by atoms with van der Waals surface area (Å²) >= 11 is 0. The SMILES string of the molecule is CCC(C)C(=N)[NH-].CCC(C)C1=NCCN1.CCC(C)c1ccc(C(C)CC)cc1.CCC(C)c1ccc(C)cc1.CC[N-]CC.[Rb+]. The molecule has 6 heteroatoms. The second-order valence-electron chi connectivity index (χ2n) is 12.6. The molecule has 2 aromatic carbocycles. The van der Waals surface area contributed by atoms with E-state index in [1.165, 1.54) is 53.8 Å². The number of benzene rings is 2. The van der Waals surface area contributed by atoms with E-state index in [1.807, 2.05) is 27.7 Å². The second-order valence-corrected chi connectivity index (χ2v) is 12.6. The zero-order valence-corrected chi connectivity index (χ0v) is 38.2. The quantitative estimate of drug-likeness (QED) is 0.166. The van der Waals surface area contributed by atoms with Crippen molar-refractivity contribution in [3.05, 3.63) is 81.8 Å². The predicted octanol–water partition coefficient (Wildman–Crippen LogP) is 9.72. The molecule has 47 heavy (non-hydrogen) atoms. The Bertz CT molecular complexity index is 988. The molecular formula is C41H73N5Rb-. The zero-order valence-electron chi connectivity index (χ0n) is 33.3. The van der Waals surface area contributed by atoms with Crippen molar-refractivity contribution in [2.24, 2.45) is 16.8 Å². The van der Waals surface area contributed by atoms with Gasteiger partial charge in [0.2, 0.25) is 0 Å². The maximum absolute atomic E-state index is 6.77. The minimum Gasteiger partial charge on any atom is -0.663 e. The van der Waals surface area contributed by atoms with Crippen LogP contribution in [0.15, 0.2) is 53.5 Å². The van der Waals surface area contributed by atoms with E-state index in [9.17, 15) is 0 Å². The van der Waals surface area contributed by atoms with Crippen molar-refractivity contribution < 1.29 is 58.2 Å². The molecule has 0 radical (unpaired) electrons. The number of nitrogens with one attached hydrogen (secondary N) is 3. The molecular weight excluding hydrogens is 648 g/mol. The number of hydrogen-bond donors (Lipinski definition) is 2. The minimum atomic E-state index is 0. The number of nitrogens with zero attached hydrogens (tertiary/aromatic N) is 2. The number of aliphatic imine (C=N–C) groups is 1. The molecule has 1 aliphatic heterocycles. The normalized spacial score (nSPS) is 14.4. The van der Waals surface area contributed by atoms with E-state index in [-0.39, 0.29) is 69.9 Å². The van der Waals surface area contributed by atoms with Gasteiger partial charge < -0.3 is 21.8 Å². The molecule has 5 atom stereocenters. The third kappa shape index (κ3) is 24.9. The summed E-state index contributed by atoms with van der Waals surface area (Å²) in [6.45, 7) is 32.0. The standard InChI is InChI=1S/C14H22.C11H16.C7H14N2.C5H11N2.C4H10N.Rb/c1-5-11(3)13-7-9-14(10-8-13)12(4)6-2;1-4-10(3)11-7-5-9(2)6-8-11;1-3-6(2)7-8-4-5-9-7;1-3-4(2)5(6)7;1-3-5-4-2;/h7-12H,5-6H2,1-4H3;5-8,10H,4H2,1-3H3;6H,3-5H2,1-2H3,(H,8,9);4H,3H2,1-2H3,(H2-,6,7);3-4H2,1-2H3;/q;;;2*-1;+1. The summed E-state index contributed by atoms with van der Waals surface area (Å²) in [4.78, 5) is 4.31. The Balaban J connectivity index is -0.000000533. The van der Waals surface area contributed by atoms with E-state index in [0.717, 1.165) is 32.6 Å². The molecule has 3 N–H and O–H groups in total. The molecule has 2 aromatic rings. The molecule has 0 amide bonds. The van der Waals surface area contributed by atoms with Crippen LogP contribution in [0.2, 0.25) is 0 Å². The van der Waals surface area contributed by atoms with Gasteiger partial charge in [-0.2, -0.15) is 13.1 Å². The van der Waals surface area contributed by atoms with E-state index in [1.54, 1.807) is 0 Å². The van der Waals surface area contributed by atoms with Crippen molar-refractivity contribution in [3.63, 3.8) is 0 Å². The van der Waals surface area contributed by atoms with Crippen molar-refractivity contribution in [1.82, 2.24) is 5.32 Å². The van der Waals surface area contributed by atoms with Gasteiger partial charge in [-0.3, -0.25) is 4.99 Å². The Morgan fingerprint density at radius 3 is 1.26 bits per heavy atom. The molecule has 3 rings (SSSR count). The first-order valence-corrected chi connectivity index (χ1v) is 18.2. The molecule has 0 saturated carbocycles. The average molecular weight is 722 g/mol. The topological polar surface area (TPSA) is 86.1 Å². The molecule has 1 aliphatic rings. The smallest absolute Gasteiger partial charge is 0.663 e. The third-order valence-electron chi connectivity index (χ3n) is 8.89. The summed E-state index contributed by atoms with van der Waals surface area (Å²) in [6, 6.07) is 18.0. The van der Waals surface area contributed by atoms with Crippen LogP contribution in [0.4, 0.5) is 0 Å². The Morgan fingerprint density at radius 2 is 1.04 bits per heavy atom. The Morgan fingerprint density at radius 1 is 0.681 bits per heavy atom. The van der Waals surface area contributed by atoms with Crippen LogP contribution in [-0.2, 0) is 0 Å². The summed E-state index contributed by atoms with van der Waals surface area (Å²) in [5.74, 6) is 4.13. The van der Waals surface area contributed by atoms with E-state index in [4.69, 9.17) is 11.1 Å². The largest absolute Gasteiger partial charge is 1.00 e. The van der Waals surface area contributed by atoms with Gasteiger partial charge in [0.1, 0.15) is 0 Å². The summed E-state index contributed by atoms with van der Waals surface area (Å²) < 4.78 is 0. The van der Waals surface area contributed by atoms with Crippen LogP contribution in [0.3, 0.4) is 0 Å². The fourth-order valence-corrected chi connectivity index (χ4v) is 4.12. The average Bonchev–Trinajstić information content (AvgIpc) is 3.64. The fraction of sp³-hybridized carbons (Fsp3) is 0.659. The van der Waals surface area contributed by atoms with Gasteiger partial charge in [0, 0.05) is 12.5 Å². The zero-order chi connectivity index (χ0) is 35.5. The van der Waals surface area contributed by atoms with Crippen molar-refractivity contribution in [3.8, 4) is 0 Å². The van der Waals surface area contributed by atoms with Crippen molar-refractivity contribution in [1.29, 1.82) is 5.41 Å². The molecule has 0 saturated heterocycles. The van der Waals surface area contributed by atoms with Crippen molar-refractivity contribution in [2.75, 3.05) is 26.2 Å². The number of aryl methyl sites for hydroxylation is 1. The van der Waals surface area contributed by atoms with Crippen molar-refractivity contribution in [2.45, 2.75) is 140 Å². The Hall–Kier alpha value is -0.855. The maximum atomic E-state index is 6.77. The molecule has 5 unspecified atom stereocenters. The first kappa shape index (κ1) is 50.5. The van der Waals surface area contributed by atoms with Gasteiger partial charge in [-0.15, -0.1) is 0 Å². The van der Waals surface area contributed by atoms with Gasteiger partial charge in [-0.25, -0.2) is 0 Å². The summed E-state index contributed by atoms with van der Waals surface area (Å²) in [7, 11) is 0. The molecule has 1 heterocycles. The van der Waals surface area contributed by atoms with Crippen LogP contribution in [0, 0.1) is 24.2 Å². The second kappa shape index (κ2) is 32.4. The molecule has 0 fully saturated rings. The van der Waals surface area contributed by atoms with E-state index in [0.29, 0.717) is 23.7 Å². The van der Waals surface area contributed by atoms with Gasteiger partial charge in [-0.1, -0.05) is 149 Å². The first-order valence-electron chi connectivity index (χ1n) is 18.2. The molecule has 0 bridgehead atoms. The van der Waals surface area contributed by atoms with Crippen LogP contribution in [-0.4, -0.2) is 37.9 Å². The van der Waals surface area contributed by atoms with Crippen LogP contribution in [0.25, 0.3) is 11.1 Å². The number of amidine groups is 2. The molecule has 0 aliphatic carbocycles. The molecule has 5 nitrogen and oxygen atoms in total. The number of rotatable bonds is 12. The summed E-state index contributed by atoms with van der Waals surface area (Å²) in [5, 5.41) is 14.0. The van der Waals surface area contributed by atoms with Crippen LogP contribution >= 0.6 is 0 Å². The van der Waals surface area contributed by atoms with E-state index >= 15 is 0 Å². The van der Waals surface area contributed by atoms with Gasteiger partial charge in [-0.05, 0) is 73.0 Å². The van der Waals surface area contributed by atoms with E-state index in [2.05, 4.69) is 126 Å². The van der Waals surface area contributed by atoms with Crippen LogP contribution in [0.1, 0.15) is 155 Å².